The van der Waals surface area contributed by atoms with E-state index < -0.39 is 5.95 Å². The number of nitrogens with zero attached hydrogens (tertiary/aromatic N) is 4. The third-order valence-electron chi connectivity index (χ3n) is 1.73. The van der Waals surface area contributed by atoms with Gasteiger partial charge >= 0.3 is 0 Å². The minimum Gasteiger partial charge on any atom is -0.486 e. The molecule has 0 fully saturated rings. The number of hydrogen-bond donors (Lipinski definition) is 0. The van der Waals surface area contributed by atoms with Gasteiger partial charge in [0.1, 0.15) is 18.1 Å². The first kappa shape index (κ1) is 9.57. The molecule has 15 heavy (non-hydrogen) atoms. The van der Waals surface area contributed by atoms with Crippen LogP contribution in [0.5, 0.6) is 5.75 Å². The second-order valence-electron chi connectivity index (χ2n) is 2.93. The Bertz CT molecular complexity index is 440. The molecule has 0 radical (unpaired) electrons. The molecule has 0 bridgehead atoms. The molecule has 0 N–H and O–H groups in total. The van der Waals surface area contributed by atoms with Gasteiger partial charge in [-0.3, -0.25) is 0 Å². The van der Waals surface area contributed by atoms with Crippen LogP contribution in [0.3, 0.4) is 0 Å². The van der Waals surface area contributed by atoms with E-state index in [1.165, 1.54) is 23.1 Å². The lowest BCUT2D eigenvalue weighted by Gasteiger charge is -2.01. The van der Waals surface area contributed by atoms with E-state index in [1.807, 2.05) is 0 Å². The lowest BCUT2D eigenvalue weighted by atomic mass is 10.4. The molecule has 2 aromatic rings. The number of rotatable bonds is 3. The molecule has 0 atom stereocenters. The van der Waals surface area contributed by atoms with E-state index in [1.54, 1.807) is 13.2 Å². The van der Waals surface area contributed by atoms with Gasteiger partial charge < -0.3 is 4.74 Å². The Morgan fingerprint density at radius 2 is 2.27 bits per heavy atom. The molecule has 0 aliphatic carbocycles. The predicted octanol–water partition coefficient (Wildman–Crippen LogP) is 0.928. The molecule has 0 aliphatic heterocycles. The van der Waals surface area contributed by atoms with Crippen LogP contribution in [0.15, 0.2) is 24.5 Å². The fourth-order valence-electron chi connectivity index (χ4n) is 1.06. The summed E-state index contributed by atoms with van der Waals surface area (Å²) < 4.78 is 17.8. The first-order chi connectivity index (χ1) is 7.24. The van der Waals surface area contributed by atoms with E-state index in [9.17, 15) is 4.39 Å². The molecule has 0 aromatic carbocycles. The summed E-state index contributed by atoms with van der Waals surface area (Å²) in [6, 6.07) is 2.75. The highest BCUT2D eigenvalue weighted by atomic mass is 19.1. The van der Waals surface area contributed by atoms with Crippen LogP contribution in [0, 0.1) is 5.95 Å². The maximum atomic E-state index is 12.5. The second kappa shape index (κ2) is 4.04. The molecular weight excluding hydrogens is 199 g/mol. The van der Waals surface area contributed by atoms with Crippen molar-refractivity contribution >= 4 is 0 Å². The zero-order valence-electron chi connectivity index (χ0n) is 8.09. The summed E-state index contributed by atoms with van der Waals surface area (Å²) in [5.41, 5.74) is 0.710. The molecule has 2 heterocycles. The quantitative estimate of drug-likeness (QED) is 0.704. The Morgan fingerprint density at radius 3 is 2.87 bits per heavy atom. The third-order valence-corrected chi connectivity index (χ3v) is 1.73. The Balaban J connectivity index is 1.96. The molecule has 0 amide bonds. The number of aryl methyl sites for hydroxylation is 1. The normalized spacial score (nSPS) is 10.3. The molecule has 0 spiro atoms. The molecule has 78 valence electrons. The van der Waals surface area contributed by atoms with E-state index in [0.29, 0.717) is 18.1 Å². The maximum absolute atomic E-state index is 12.5. The van der Waals surface area contributed by atoms with Crippen LogP contribution in [0.1, 0.15) is 5.69 Å². The van der Waals surface area contributed by atoms with Crippen molar-refractivity contribution in [3.8, 4) is 5.75 Å². The maximum Gasteiger partial charge on any atom is 0.213 e. The zero-order chi connectivity index (χ0) is 10.7. The highest BCUT2D eigenvalue weighted by molar-refractivity contribution is 5.16. The van der Waals surface area contributed by atoms with Crippen LogP contribution in [0.2, 0.25) is 0 Å². The summed E-state index contributed by atoms with van der Waals surface area (Å²) in [7, 11) is 1.73. The largest absolute Gasteiger partial charge is 0.486 e. The molecule has 0 unspecified atom stereocenters. The van der Waals surface area contributed by atoms with E-state index in [0.717, 1.165) is 0 Å². The van der Waals surface area contributed by atoms with Gasteiger partial charge in [0, 0.05) is 7.05 Å². The highest BCUT2D eigenvalue weighted by Crippen LogP contribution is 2.09. The lowest BCUT2D eigenvalue weighted by molar-refractivity contribution is 0.298. The number of hydrogen-bond acceptors (Lipinski definition) is 4. The predicted molar refractivity (Wildman–Crippen MR) is 49.5 cm³/mol. The van der Waals surface area contributed by atoms with Gasteiger partial charge in [0.05, 0.1) is 12.4 Å². The van der Waals surface area contributed by atoms with Crippen molar-refractivity contribution in [1.29, 1.82) is 0 Å². The van der Waals surface area contributed by atoms with E-state index in [4.69, 9.17) is 4.74 Å². The summed E-state index contributed by atoms with van der Waals surface area (Å²) in [5.74, 6) is -0.0242. The number of pyridine rings is 1. The fraction of sp³-hybridized carbons (Fsp3) is 0.222. The van der Waals surface area contributed by atoms with Crippen molar-refractivity contribution < 1.29 is 9.13 Å². The van der Waals surface area contributed by atoms with Gasteiger partial charge in [0.2, 0.25) is 5.95 Å². The van der Waals surface area contributed by atoms with Gasteiger partial charge in [0.25, 0.3) is 0 Å². The SMILES string of the molecule is Cn1ncc(COc2ccc(F)nc2)n1. The average molecular weight is 208 g/mol. The first-order valence-electron chi connectivity index (χ1n) is 4.33. The van der Waals surface area contributed by atoms with Crippen LogP contribution in [0.25, 0.3) is 0 Å². The number of halogens is 1. The second-order valence-corrected chi connectivity index (χ2v) is 2.93. The Hall–Kier alpha value is -1.98. The van der Waals surface area contributed by atoms with Gasteiger partial charge in [-0.05, 0) is 12.1 Å². The van der Waals surface area contributed by atoms with Crippen LogP contribution in [-0.4, -0.2) is 20.0 Å². The molecule has 0 aliphatic rings. The summed E-state index contributed by atoms with van der Waals surface area (Å²) in [4.78, 5) is 4.91. The van der Waals surface area contributed by atoms with Gasteiger partial charge in [0.15, 0.2) is 0 Å². The number of aromatic nitrogens is 4. The summed E-state index contributed by atoms with van der Waals surface area (Å²) in [5, 5.41) is 7.92. The van der Waals surface area contributed by atoms with Crippen molar-refractivity contribution in [3.63, 3.8) is 0 Å². The van der Waals surface area contributed by atoms with Crippen LogP contribution < -0.4 is 4.74 Å². The Morgan fingerprint density at radius 1 is 1.40 bits per heavy atom. The van der Waals surface area contributed by atoms with Crippen molar-refractivity contribution in [1.82, 2.24) is 20.0 Å². The first-order valence-corrected chi connectivity index (χ1v) is 4.33. The topological polar surface area (TPSA) is 52.8 Å². The molecule has 2 aromatic heterocycles. The van der Waals surface area contributed by atoms with Crippen molar-refractivity contribution in [2.24, 2.45) is 7.05 Å². The molecule has 2 rings (SSSR count). The number of ether oxygens (including phenoxy) is 1. The van der Waals surface area contributed by atoms with Crippen LogP contribution >= 0.6 is 0 Å². The van der Waals surface area contributed by atoms with Crippen molar-refractivity contribution in [3.05, 3.63) is 36.2 Å². The molecule has 6 heteroatoms. The standard InChI is InChI=1S/C9H9FN4O/c1-14-12-4-7(13-14)6-15-8-2-3-9(10)11-5-8/h2-5H,6H2,1H3. The van der Waals surface area contributed by atoms with Crippen LogP contribution in [0.4, 0.5) is 4.39 Å². The molecule has 5 nitrogen and oxygen atoms in total. The highest BCUT2D eigenvalue weighted by Gasteiger charge is 2.00. The van der Waals surface area contributed by atoms with Crippen molar-refractivity contribution in [2.75, 3.05) is 0 Å². The zero-order valence-corrected chi connectivity index (χ0v) is 8.09. The van der Waals surface area contributed by atoms with Gasteiger partial charge in [-0.25, -0.2) is 4.98 Å². The molecule has 0 saturated carbocycles. The van der Waals surface area contributed by atoms with Gasteiger partial charge in [-0.15, -0.1) is 0 Å². The Kier molecular flexibility index (Phi) is 2.57. The van der Waals surface area contributed by atoms with E-state index >= 15 is 0 Å². The van der Waals surface area contributed by atoms with Crippen LogP contribution in [-0.2, 0) is 13.7 Å². The van der Waals surface area contributed by atoms with Crippen molar-refractivity contribution in [2.45, 2.75) is 6.61 Å². The summed E-state index contributed by atoms with van der Waals surface area (Å²) in [6.45, 7) is 0.293. The monoisotopic (exact) mass is 208 g/mol. The molecular formula is C9H9FN4O. The minimum atomic E-state index is -0.526. The smallest absolute Gasteiger partial charge is 0.213 e. The third kappa shape index (κ3) is 2.49. The summed E-state index contributed by atoms with van der Waals surface area (Å²) in [6.07, 6.45) is 2.93. The minimum absolute atomic E-state index is 0.293. The van der Waals surface area contributed by atoms with E-state index in [2.05, 4.69) is 15.2 Å². The van der Waals surface area contributed by atoms with Gasteiger partial charge in [-0.1, -0.05) is 0 Å². The average Bonchev–Trinajstić information content (AvgIpc) is 2.64. The Labute approximate surface area is 85.5 Å². The van der Waals surface area contributed by atoms with Gasteiger partial charge in [-0.2, -0.15) is 19.4 Å². The fourth-order valence-corrected chi connectivity index (χ4v) is 1.06. The summed E-state index contributed by atoms with van der Waals surface area (Å²) >= 11 is 0. The van der Waals surface area contributed by atoms with E-state index in [-0.39, 0.29) is 0 Å². The lowest BCUT2D eigenvalue weighted by Crippen LogP contribution is -1.98. The molecule has 0 saturated heterocycles.